The van der Waals surface area contributed by atoms with E-state index in [-0.39, 0.29) is 22.6 Å². The van der Waals surface area contributed by atoms with E-state index >= 15 is 0 Å². The van der Waals surface area contributed by atoms with Crippen molar-refractivity contribution in [1.82, 2.24) is 24.0 Å². The van der Waals surface area contributed by atoms with Crippen LogP contribution in [0.2, 0.25) is 0 Å². The van der Waals surface area contributed by atoms with Gasteiger partial charge in [0.15, 0.2) is 11.0 Å². The number of carbonyl (C=O) groups excluding carboxylic acids is 1. The minimum atomic E-state index is -3.50. The van der Waals surface area contributed by atoms with E-state index in [0.29, 0.717) is 30.5 Å². The lowest BCUT2D eigenvalue weighted by molar-refractivity contribution is -0.113. The fourth-order valence-electron chi connectivity index (χ4n) is 4.64. The summed E-state index contributed by atoms with van der Waals surface area (Å²) in [6.45, 7) is 3.85. The molecule has 1 aliphatic heterocycles. The standard InChI is InChI=1S/C27H36N6O3S2/c1-4-24(31(2)3)26-29-30-27(33(26)19-21-11-7-5-8-12-21)37-20-25(34)28-22-13-15-23(16-14-22)38(35,36)32-17-9-6-10-18-32/h5,7-8,11-16,24H,4,6,9-10,17-20H2,1-3H3,(H,28,34)/t24-/m0/s1. The van der Waals surface area contributed by atoms with Gasteiger partial charge in [-0.1, -0.05) is 55.4 Å². The Balaban J connectivity index is 1.42. The zero-order valence-corrected chi connectivity index (χ0v) is 23.8. The molecule has 204 valence electrons. The summed E-state index contributed by atoms with van der Waals surface area (Å²) in [5.74, 6) is 0.825. The number of anilines is 1. The number of amides is 1. The Hall–Kier alpha value is -2.73. The lowest BCUT2D eigenvalue weighted by atomic mass is 10.2. The van der Waals surface area contributed by atoms with Gasteiger partial charge < -0.3 is 9.88 Å². The van der Waals surface area contributed by atoms with Gasteiger partial charge in [0.25, 0.3) is 0 Å². The molecule has 1 aromatic heterocycles. The molecule has 3 aromatic rings. The number of piperidine rings is 1. The Morgan fingerprint density at radius 2 is 1.71 bits per heavy atom. The lowest BCUT2D eigenvalue weighted by Crippen LogP contribution is -2.35. The summed E-state index contributed by atoms with van der Waals surface area (Å²) in [5.41, 5.74) is 1.69. The summed E-state index contributed by atoms with van der Waals surface area (Å²) in [6, 6.07) is 16.6. The predicted molar refractivity (Wildman–Crippen MR) is 151 cm³/mol. The van der Waals surface area contributed by atoms with Crippen molar-refractivity contribution >= 4 is 33.4 Å². The second-order valence-corrected chi connectivity index (χ2v) is 12.5. The van der Waals surface area contributed by atoms with Gasteiger partial charge in [0.2, 0.25) is 15.9 Å². The number of thioether (sulfide) groups is 1. The monoisotopic (exact) mass is 556 g/mol. The topological polar surface area (TPSA) is 100 Å². The first kappa shape index (κ1) is 28.3. The van der Waals surface area contributed by atoms with Crippen LogP contribution in [0.25, 0.3) is 0 Å². The van der Waals surface area contributed by atoms with Crippen LogP contribution in [0.3, 0.4) is 0 Å². The average molecular weight is 557 g/mol. The fraction of sp³-hybridized carbons (Fsp3) is 0.444. The van der Waals surface area contributed by atoms with Crippen LogP contribution in [-0.2, 0) is 21.4 Å². The number of sulfonamides is 1. The van der Waals surface area contributed by atoms with Crippen LogP contribution in [-0.4, -0.2) is 71.2 Å². The summed E-state index contributed by atoms with van der Waals surface area (Å²) in [7, 11) is 0.551. The highest BCUT2D eigenvalue weighted by atomic mass is 32.2. The van der Waals surface area contributed by atoms with Crippen LogP contribution in [0.5, 0.6) is 0 Å². The molecule has 1 saturated heterocycles. The highest BCUT2D eigenvalue weighted by Crippen LogP contribution is 2.27. The van der Waals surface area contributed by atoms with Crippen LogP contribution < -0.4 is 5.32 Å². The Morgan fingerprint density at radius 1 is 1.03 bits per heavy atom. The molecule has 1 N–H and O–H groups in total. The van der Waals surface area contributed by atoms with Crippen molar-refractivity contribution in [3.05, 3.63) is 66.0 Å². The zero-order chi connectivity index (χ0) is 27.1. The molecule has 0 unspecified atom stereocenters. The van der Waals surface area contributed by atoms with Crippen LogP contribution in [0, 0.1) is 0 Å². The minimum absolute atomic E-state index is 0.106. The van der Waals surface area contributed by atoms with E-state index in [1.807, 2.05) is 32.3 Å². The van der Waals surface area contributed by atoms with E-state index in [1.165, 1.54) is 11.8 Å². The Labute approximate surface area is 229 Å². The maximum absolute atomic E-state index is 12.9. The Bertz CT molecular complexity index is 1300. The number of nitrogens with zero attached hydrogens (tertiary/aromatic N) is 5. The third-order valence-electron chi connectivity index (χ3n) is 6.66. The van der Waals surface area contributed by atoms with E-state index < -0.39 is 10.0 Å². The van der Waals surface area contributed by atoms with Gasteiger partial charge in [0, 0.05) is 18.8 Å². The third kappa shape index (κ3) is 6.82. The maximum Gasteiger partial charge on any atom is 0.243 e. The Kier molecular flexibility index (Phi) is 9.59. The van der Waals surface area contributed by atoms with Crippen LogP contribution in [0.1, 0.15) is 50.0 Å². The van der Waals surface area contributed by atoms with E-state index in [4.69, 9.17) is 0 Å². The number of rotatable bonds is 11. The van der Waals surface area contributed by atoms with E-state index in [0.717, 1.165) is 37.1 Å². The van der Waals surface area contributed by atoms with E-state index in [2.05, 4.69) is 44.0 Å². The molecule has 1 amide bonds. The molecule has 1 aliphatic rings. The molecule has 2 heterocycles. The number of nitrogens with one attached hydrogen (secondary N) is 1. The quantitative estimate of drug-likeness (QED) is 0.353. The van der Waals surface area contributed by atoms with Crippen LogP contribution >= 0.6 is 11.8 Å². The van der Waals surface area contributed by atoms with Gasteiger partial charge in [0.05, 0.1) is 23.2 Å². The second kappa shape index (κ2) is 12.9. The molecule has 38 heavy (non-hydrogen) atoms. The van der Waals surface area contributed by atoms with Gasteiger partial charge in [-0.25, -0.2) is 8.42 Å². The smallest absolute Gasteiger partial charge is 0.243 e. The molecule has 0 aliphatic carbocycles. The number of hydrogen-bond acceptors (Lipinski definition) is 7. The first-order valence-corrected chi connectivity index (χ1v) is 15.4. The molecule has 11 heteroatoms. The highest BCUT2D eigenvalue weighted by Gasteiger charge is 2.26. The molecule has 1 fully saturated rings. The molecule has 9 nitrogen and oxygen atoms in total. The minimum Gasteiger partial charge on any atom is -0.325 e. The fourth-order valence-corrected chi connectivity index (χ4v) is 6.90. The summed E-state index contributed by atoms with van der Waals surface area (Å²) in [6.07, 6.45) is 3.72. The molecular formula is C27H36N6O3S2. The summed E-state index contributed by atoms with van der Waals surface area (Å²) in [5, 5.41) is 12.5. The highest BCUT2D eigenvalue weighted by molar-refractivity contribution is 7.99. The first-order chi connectivity index (χ1) is 18.3. The van der Waals surface area contributed by atoms with Crippen molar-refractivity contribution in [3.8, 4) is 0 Å². The predicted octanol–water partition coefficient (Wildman–Crippen LogP) is 4.24. The zero-order valence-electron chi connectivity index (χ0n) is 22.2. The summed E-state index contributed by atoms with van der Waals surface area (Å²) >= 11 is 1.34. The van der Waals surface area contributed by atoms with Crippen molar-refractivity contribution in [2.45, 2.75) is 55.2 Å². The molecule has 0 spiro atoms. The normalized spacial score (nSPS) is 15.5. The van der Waals surface area contributed by atoms with Crippen molar-refractivity contribution in [2.24, 2.45) is 0 Å². The summed E-state index contributed by atoms with van der Waals surface area (Å²) < 4.78 is 29.4. The number of aromatic nitrogens is 3. The molecule has 0 saturated carbocycles. The molecule has 0 bridgehead atoms. The van der Waals surface area contributed by atoms with Crippen molar-refractivity contribution < 1.29 is 13.2 Å². The second-order valence-electron chi connectivity index (χ2n) is 9.63. The Morgan fingerprint density at radius 3 is 2.34 bits per heavy atom. The average Bonchev–Trinajstić information content (AvgIpc) is 3.31. The maximum atomic E-state index is 12.9. The summed E-state index contributed by atoms with van der Waals surface area (Å²) in [4.78, 5) is 15.1. The van der Waals surface area contributed by atoms with E-state index in [1.54, 1.807) is 28.6 Å². The van der Waals surface area contributed by atoms with Crippen LogP contribution in [0.15, 0.2) is 64.6 Å². The lowest BCUT2D eigenvalue weighted by Gasteiger charge is -2.25. The van der Waals surface area contributed by atoms with Crippen molar-refractivity contribution in [3.63, 3.8) is 0 Å². The largest absolute Gasteiger partial charge is 0.325 e. The molecule has 0 radical (unpaired) electrons. The SMILES string of the molecule is CC[C@@H](c1nnc(SCC(=O)Nc2ccc(S(=O)(=O)N3CCCCC3)cc2)n1Cc1ccccc1)N(C)C. The first-order valence-electron chi connectivity index (χ1n) is 13.0. The molecule has 1 atom stereocenters. The van der Waals surface area contributed by atoms with Crippen molar-refractivity contribution in [2.75, 3.05) is 38.3 Å². The number of hydrogen-bond donors (Lipinski definition) is 1. The number of benzene rings is 2. The van der Waals surface area contributed by atoms with Gasteiger partial charge in [-0.2, -0.15) is 4.31 Å². The van der Waals surface area contributed by atoms with Gasteiger partial charge in [0.1, 0.15) is 0 Å². The van der Waals surface area contributed by atoms with Gasteiger partial charge >= 0.3 is 0 Å². The van der Waals surface area contributed by atoms with E-state index in [9.17, 15) is 13.2 Å². The van der Waals surface area contributed by atoms with Crippen molar-refractivity contribution in [1.29, 1.82) is 0 Å². The van der Waals surface area contributed by atoms with Gasteiger partial charge in [-0.05, 0) is 63.2 Å². The molecule has 4 rings (SSSR count). The van der Waals surface area contributed by atoms with Crippen LogP contribution in [0.4, 0.5) is 5.69 Å². The molecular weight excluding hydrogens is 520 g/mol. The molecule has 2 aromatic carbocycles. The van der Waals surface area contributed by atoms with Gasteiger partial charge in [-0.15, -0.1) is 10.2 Å². The van der Waals surface area contributed by atoms with Gasteiger partial charge in [-0.3, -0.25) is 9.69 Å². The number of carbonyl (C=O) groups is 1. The third-order valence-corrected chi connectivity index (χ3v) is 9.54.